The minimum absolute atomic E-state index is 0.128. The minimum atomic E-state index is -0.722. The second-order valence-corrected chi connectivity index (χ2v) is 6.00. The second-order valence-electron chi connectivity index (χ2n) is 6.00. The van der Waals surface area contributed by atoms with Gasteiger partial charge >= 0.3 is 0 Å². The molecule has 0 bridgehead atoms. The van der Waals surface area contributed by atoms with Crippen LogP contribution in [-0.4, -0.2) is 24.9 Å². The molecule has 1 atom stereocenters. The molecule has 0 aliphatic carbocycles. The largest absolute Gasteiger partial charge is 0.467 e. The molecule has 3 heterocycles. The lowest BCUT2D eigenvalue weighted by atomic mass is 9.82. The van der Waals surface area contributed by atoms with Crippen molar-refractivity contribution in [1.82, 2.24) is 16.0 Å². The van der Waals surface area contributed by atoms with E-state index < -0.39 is 5.41 Å². The summed E-state index contributed by atoms with van der Waals surface area (Å²) in [7, 11) is 0. The van der Waals surface area contributed by atoms with Crippen LogP contribution in [0, 0.1) is 5.41 Å². The Labute approximate surface area is 139 Å². The lowest BCUT2D eigenvalue weighted by Gasteiger charge is -2.26. The first kappa shape index (κ1) is 16.3. The van der Waals surface area contributed by atoms with Gasteiger partial charge in [-0.05, 0) is 37.2 Å². The fraction of sp³-hybridized carbons (Fsp3) is 0.412. The summed E-state index contributed by atoms with van der Waals surface area (Å²) in [4.78, 5) is 24.9. The molecule has 3 rings (SSSR count). The van der Waals surface area contributed by atoms with Crippen molar-refractivity contribution in [3.8, 4) is 0 Å². The quantitative estimate of drug-likeness (QED) is 0.708. The molecule has 3 N–H and O–H groups in total. The van der Waals surface area contributed by atoms with Gasteiger partial charge in [-0.25, -0.2) is 0 Å². The van der Waals surface area contributed by atoms with E-state index in [0.29, 0.717) is 37.6 Å². The molecule has 2 amide bonds. The van der Waals surface area contributed by atoms with Crippen LogP contribution in [0.4, 0.5) is 0 Å². The lowest BCUT2D eigenvalue weighted by Crippen LogP contribution is -2.45. The predicted octanol–water partition coefficient (Wildman–Crippen LogP) is 1.17. The van der Waals surface area contributed by atoms with Crippen molar-refractivity contribution in [2.45, 2.75) is 25.9 Å². The molecule has 24 heavy (non-hydrogen) atoms. The molecule has 0 saturated carbocycles. The third-order valence-corrected chi connectivity index (χ3v) is 4.27. The van der Waals surface area contributed by atoms with Gasteiger partial charge in [0.25, 0.3) is 0 Å². The molecular weight excluding hydrogens is 310 g/mol. The molecule has 128 valence electrons. The summed E-state index contributed by atoms with van der Waals surface area (Å²) in [5, 5.41) is 8.85. The molecule has 1 fully saturated rings. The Morgan fingerprint density at radius 2 is 1.75 bits per heavy atom. The van der Waals surface area contributed by atoms with Crippen molar-refractivity contribution in [3.05, 3.63) is 48.3 Å². The fourth-order valence-electron chi connectivity index (χ4n) is 2.91. The number of amides is 2. The van der Waals surface area contributed by atoms with Gasteiger partial charge in [-0.1, -0.05) is 0 Å². The highest BCUT2D eigenvalue weighted by Gasteiger charge is 2.42. The Hall–Kier alpha value is -2.54. The van der Waals surface area contributed by atoms with Gasteiger partial charge in [0.15, 0.2) is 0 Å². The van der Waals surface area contributed by atoms with Crippen LogP contribution in [0.5, 0.6) is 0 Å². The molecule has 1 unspecified atom stereocenters. The molecular formula is C17H21N3O4. The zero-order valence-corrected chi connectivity index (χ0v) is 13.3. The number of carbonyl (C=O) groups is 2. The third-order valence-electron chi connectivity index (χ3n) is 4.27. The number of hydrogen-bond donors (Lipinski definition) is 3. The Bertz CT molecular complexity index is 658. The van der Waals surface area contributed by atoms with E-state index in [1.165, 1.54) is 0 Å². The van der Waals surface area contributed by atoms with E-state index in [1.54, 1.807) is 36.8 Å². The van der Waals surface area contributed by atoms with Crippen LogP contribution in [0.25, 0.3) is 0 Å². The monoisotopic (exact) mass is 331 g/mol. The third kappa shape index (κ3) is 3.86. The zero-order valence-electron chi connectivity index (χ0n) is 13.3. The highest BCUT2D eigenvalue weighted by atomic mass is 16.3. The van der Waals surface area contributed by atoms with Gasteiger partial charge in [0.2, 0.25) is 11.8 Å². The van der Waals surface area contributed by atoms with Crippen LogP contribution in [0.15, 0.2) is 45.6 Å². The van der Waals surface area contributed by atoms with E-state index in [1.807, 2.05) is 0 Å². The van der Waals surface area contributed by atoms with Gasteiger partial charge in [0, 0.05) is 13.0 Å². The van der Waals surface area contributed by atoms with Crippen LogP contribution in [0.1, 0.15) is 24.4 Å². The Morgan fingerprint density at radius 1 is 1.08 bits per heavy atom. The molecule has 2 aromatic rings. The summed E-state index contributed by atoms with van der Waals surface area (Å²) in [6.45, 7) is 1.86. The van der Waals surface area contributed by atoms with E-state index in [0.717, 1.165) is 6.54 Å². The van der Waals surface area contributed by atoms with Gasteiger partial charge < -0.3 is 24.8 Å². The summed E-state index contributed by atoms with van der Waals surface area (Å²) in [5.41, 5.74) is -0.722. The average Bonchev–Trinajstić information content (AvgIpc) is 3.32. The van der Waals surface area contributed by atoms with E-state index in [-0.39, 0.29) is 18.2 Å². The molecule has 0 aromatic carbocycles. The van der Waals surface area contributed by atoms with E-state index in [2.05, 4.69) is 16.0 Å². The number of carbonyl (C=O) groups excluding carboxylic acids is 2. The second kappa shape index (κ2) is 7.35. The normalized spacial score (nSPS) is 20.0. The maximum absolute atomic E-state index is 12.6. The first-order chi connectivity index (χ1) is 11.7. The van der Waals surface area contributed by atoms with Gasteiger partial charge in [0.1, 0.15) is 11.5 Å². The predicted molar refractivity (Wildman–Crippen MR) is 85.6 cm³/mol. The minimum Gasteiger partial charge on any atom is -0.467 e. The maximum Gasteiger partial charge on any atom is 0.228 e. The van der Waals surface area contributed by atoms with Crippen molar-refractivity contribution < 1.29 is 18.4 Å². The summed E-state index contributed by atoms with van der Waals surface area (Å²) >= 11 is 0. The molecule has 7 nitrogen and oxygen atoms in total. The Kier molecular flexibility index (Phi) is 5.00. The average molecular weight is 331 g/mol. The van der Waals surface area contributed by atoms with Crippen LogP contribution in [-0.2, 0) is 22.7 Å². The van der Waals surface area contributed by atoms with Gasteiger partial charge in [0.05, 0.1) is 31.0 Å². The SMILES string of the molecule is O=C(CC1(C(=O)NCc2ccco2)CCNC1)NCc1ccco1. The summed E-state index contributed by atoms with van der Waals surface area (Å²) in [6.07, 6.45) is 3.90. The molecule has 1 aliphatic rings. The van der Waals surface area contributed by atoms with E-state index in [9.17, 15) is 9.59 Å². The fourth-order valence-corrected chi connectivity index (χ4v) is 2.91. The van der Waals surface area contributed by atoms with Crippen LogP contribution in [0.2, 0.25) is 0 Å². The van der Waals surface area contributed by atoms with Crippen molar-refractivity contribution in [2.24, 2.45) is 5.41 Å². The van der Waals surface area contributed by atoms with Crippen LogP contribution in [0.3, 0.4) is 0 Å². The van der Waals surface area contributed by atoms with E-state index in [4.69, 9.17) is 8.83 Å². The highest BCUT2D eigenvalue weighted by molar-refractivity contribution is 5.89. The number of furan rings is 2. The van der Waals surface area contributed by atoms with Crippen molar-refractivity contribution in [2.75, 3.05) is 13.1 Å². The summed E-state index contributed by atoms with van der Waals surface area (Å²) < 4.78 is 10.4. The zero-order chi connectivity index (χ0) is 16.8. The summed E-state index contributed by atoms with van der Waals surface area (Å²) in [6, 6.07) is 7.14. The van der Waals surface area contributed by atoms with Crippen molar-refractivity contribution in [1.29, 1.82) is 0 Å². The van der Waals surface area contributed by atoms with Gasteiger partial charge in [-0.2, -0.15) is 0 Å². The van der Waals surface area contributed by atoms with Crippen molar-refractivity contribution >= 4 is 11.8 Å². The summed E-state index contributed by atoms with van der Waals surface area (Å²) in [5.74, 6) is 1.08. The maximum atomic E-state index is 12.6. The van der Waals surface area contributed by atoms with Gasteiger partial charge in [-0.15, -0.1) is 0 Å². The number of hydrogen-bond acceptors (Lipinski definition) is 5. The molecule has 7 heteroatoms. The first-order valence-electron chi connectivity index (χ1n) is 7.98. The first-order valence-corrected chi connectivity index (χ1v) is 7.98. The topological polar surface area (TPSA) is 96.5 Å². The molecule has 0 radical (unpaired) electrons. The van der Waals surface area contributed by atoms with Crippen LogP contribution >= 0.6 is 0 Å². The van der Waals surface area contributed by atoms with E-state index >= 15 is 0 Å². The number of rotatable bonds is 7. The Morgan fingerprint density at radius 3 is 2.29 bits per heavy atom. The van der Waals surface area contributed by atoms with Crippen molar-refractivity contribution in [3.63, 3.8) is 0 Å². The number of nitrogens with one attached hydrogen (secondary N) is 3. The standard InChI is InChI=1S/C17H21N3O4/c21-15(19-10-13-3-1-7-23-13)9-17(5-6-18-12-17)16(22)20-11-14-4-2-8-24-14/h1-4,7-8,18H,5-6,9-12H2,(H,19,21)(H,20,22). The molecule has 2 aromatic heterocycles. The van der Waals surface area contributed by atoms with Crippen LogP contribution < -0.4 is 16.0 Å². The Balaban J connectivity index is 1.55. The lowest BCUT2D eigenvalue weighted by molar-refractivity contribution is -0.135. The highest BCUT2D eigenvalue weighted by Crippen LogP contribution is 2.30. The molecule has 0 spiro atoms. The van der Waals surface area contributed by atoms with Gasteiger partial charge in [-0.3, -0.25) is 9.59 Å². The molecule has 1 aliphatic heterocycles. The molecule has 1 saturated heterocycles. The smallest absolute Gasteiger partial charge is 0.228 e.